The first-order chi connectivity index (χ1) is 9.57. The summed E-state index contributed by atoms with van der Waals surface area (Å²) in [6.07, 6.45) is 1.66. The zero-order chi connectivity index (χ0) is 14.6. The van der Waals surface area contributed by atoms with Gasteiger partial charge in [0.2, 0.25) is 0 Å². The Morgan fingerprint density at radius 1 is 1.30 bits per heavy atom. The molecule has 2 heterocycles. The molecule has 0 unspecified atom stereocenters. The maximum atomic E-state index is 12.6. The zero-order valence-corrected chi connectivity index (χ0v) is 13.4. The molecule has 0 radical (unpaired) electrons. The van der Waals surface area contributed by atoms with E-state index in [-0.39, 0.29) is 6.54 Å². The maximum Gasteiger partial charge on any atom is 0.252 e. The molecule has 0 N–H and O–H groups in total. The van der Waals surface area contributed by atoms with Gasteiger partial charge in [-0.05, 0) is 24.3 Å². The fourth-order valence-electron chi connectivity index (χ4n) is 1.74. The van der Waals surface area contributed by atoms with Crippen LogP contribution < -0.4 is 0 Å². The first-order valence-electron chi connectivity index (χ1n) is 6.12. The van der Waals surface area contributed by atoms with Crippen molar-refractivity contribution < 1.29 is 8.42 Å². The van der Waals surface area contributed by atoms with E-state index in [1.807, 2.05) is 19.1 Å². The summed E-state index contributed by atoms with van der Waals surface area (Å²) in [5, 5.41) is 0. The van der Waals surface area contributed by atoms with Gasteiger partial charge in [0, 0.05) is 17.6 Å². The van der Waals surface area contributed by atoms with E-state index >= 15 is 0 Å². The number of alkyl halides is 1. The number of halogens is 1. The minimum Gasteiger partial charge on any atom is -0.260 e. The number of hydrogen-bond acceptors (Lipinski definition) is 4. The fraction of sp³-hybridized carbons (Fsp3) is 0.308. The van der Waals surface area contributed by atoms with E-state index in [9.17, 15) is 8.42 Å². The molecule has 2 aromatic heterocycles. The highest BCUT2D eigenvalue weighted by atomic mass is 35.5. The normalized spacial score (nSPS) is 11.9. The third-order valence-corrected chi connectivity index (χ3v) is 6.70. The summed E-state index contributed by atoms with van der Waals surface area (Å²) in [6.45, 7) is 2.48. The van der Waals surface area contributed by atoms with Crippen LogP contribution in [0.3, 0.4) is 0 Å². The van der Waals surface area contributed by atoms with E-state index in [1.165, 1.54) is 15.6 Å². The predicted octanol–water partition coefficient (Wildman–Crippen LogP) is 3.09. The van der Waals surface area contributed by atoms with Crippen molar-refractivity contribution in [1.29, 1.82) is 0 Å². The monoisotopic (exact) mass is 330 g/mol. The van der Waals surface area contributed by atoms with E-state index in [2.05, 4.69) is 4.98 Å². The van der Waals surface area contributed by atoms with Gasteiger partial charge < -0.3 is 0 Å². The molecule has 7 heteroatoms. The molecular weight excluding hydrogens is 316 g/mol. The van der Waals surface area contributed by atoms with Gasteiger partial charge in [-0.25, -0.2) is 8.42 Å². The smallest absolute Gasteiger partial charge is 0.252 e. The third-order valence-electron chi connectivity index (χ3n) is 2.78. The number of rotatable bonds is 6. The van der Waals surface area contributed by atoms with Crippen LogP contribution in [0.2, 0.25) is 0 Å². The zero-order valence-electron chi connectivity index (χ0n) is 11.0. The van der Waals surface area contributed by atoms with Crippen molar-refractivity contribution >= 4 is 33.0 Å². The van der Waals surface area contributed by atoms with Crippen molar-refractivity contribution in [3.05, 3.63) is 47.1 Å². The largest absolute Gasteiger partial charge is 0.260 e. The molecule has 0 spiro atoms. The van der Waals surface area contributed by atoms with Crippen LogP contribution in [0.1, 0.15) is 17.5 Å². The molecule has 20 heavy (non-hydrogen) atoms. The number of thiophene rings is 1. The summed E-state index contributed by atoms with van der Waals surface area (Å²) in [4.78, 5) is 5.02. The van der Waals surface area contributed by atoms with Gasteiger partial charge in [0.05, 0.1) is 18.1 Å². The van der Waals surface area contributed by atoms with Crippen molar-refractivity contribution in [2.24, 2.45) is 0 Å². The molecule has 0 fully saturated rings. The van der Waals surface area contributed by atoms with Crippen molar-refractivity contribution in [3.63, 3.8) is 0 Å². The van der Waals surface area contributed by atoms with Gasteiger partial charge in [-0.1, -0.05) is 13.0 Å². The number of pyridine rings is 1. The number of sulfonamides is 1. The number of hydrogen-bond donors (Lipinski definition) is 0. The first-order valence-corrected chi connectivity index (χ1v) is 8.91. The molecule has 4 nitrogen and oxygen atoms in total. The van der Waals surface area contributed by atoms with Crippen LogP contribution in [0.5, 0.6) is 0 Å². The van der Waals surface area contributed by atoms with Crippen LogP contribution >= 0.6 is 22.9 Å². The lowest BCUT2D eigenvalue weighted by atomic mass is 10.3. The van der Waals surface area contributed by atoms with Gasteiger partial charge in [-0.15, -0.1) is 22.9 Å². The van der Waals surface area contributed by atoms with Gasteiger partial charge in [-0.2, -0.15) is 4.31 Å². The van der Waals surface area contributed by atoms with Crippen LogP contribution in [-0.4, -0.2) is 24.3 Å². The lowest BCUT2D eigenvalue weighted by molar-refractivity contribution is 0.420. The highest BCUT2D eigenvalue weighted by Gasteiger charge is 2.25. The minimum atomic E-state index is -3.49. The summed E-state index contributed by atoms with van der Waals surface area (Å²) in [7, 11) is -3.49. The van der Waals surface area contributed by atoms with Crippen LogP contribution in [-0.2, 0) is 22.4 Å². The maximum absolute atomic E-state index is 12.6. The minimum absolute atomic E-state index is 0.272. The van der Waals surface area contributed by atoms with E-state index in [0.29, 0.717) is 16.6 Å². The molecule has 2 aromatic rings. The molecule has 108 valence electrons. The fourth-order valence-corrected chi connectivity index (χ4v) is 4.77. The Hall–Kier alpha value is -0.950. The summed E-state index contributed by atoms with van der Waals surface area (Å²) >= 11 is 6.94. The van der Waals surface area contributed by atoms with E-state index in [4.69, 9.17) is 11.6 Å². The van der Waals surface area contributed by atoms with Crippen molar-refractivity contribution in [2.45, 2.75) is 23.6 Å². The molecule has 0 aromatic carbocycles. The van der Waals surface area contributed by atoms with Gasteiger partial charge in [0.1, 0.15) is 4.21 Å². The average molecular weight is 331 g/mol. The Labute approximate surface area is 128 Å². The second kappa shape index (κ2) is 6.67. The SMILES string of the molecule is CCN(Cc1ccccn1)S(=O)(=O)c1ccc(CCl)s1. The van der Waals surface area contributed by atoms with Crippen LogP contribution in [0, 0.1) is 0 Å². The second-order valence-corrected chi connectivity index (χ2v) is 7.71. The predicted molar refractivity (Wildman–Crippen MR) is 81.4 cm³/mol. The summed E-state index contributed by atoms with van der Waals surface area (Å²) in [6, 6.07) is 8.83. The van der Waals surface area contributed by atoms with Gasteiger partial charge in [0.25, 0.3) is 10.0 Å². The molecule has 0 aliphatic heterocycles. The lowest BCUT2D eigenvalue weighted by Gasteiger charge is -2.19. The molecule has 0 aliphatic carbocycles. The molecule has 0 aliphatic rings. The first kappa shape index (κ1) is 15.4. The van der Waals surface area contributed by atoms with Crippen LogP contribution in [0.25, 0.3) is 0 Å². The highest BCUT2D eigenvalue weighted by molar-refractivity contribution is 7.91. The van der Waals surface area contributed by atoms with Crippen LogP contribution in [0.15, 0.2) is 40.7 Å². The third kappa shape index (κ3) is 3.38. The summed E-state index contributed by atoms with van der Waals surface area (Å²) in [5.41, 5.74) is 0.729. The molecule has 2 rings (SSSR count). The molecule has 0 saturated heterocycles. The Kier molecular flexibility index (Phi) is 5.15. The molecule has 0 bridgehead atoms. The standard InChI is InChI=1S/C13H15ClN2O2S2/c1-2-16(10-11-5-3-4-8-15-11)20(17,18)13-7-6-12(9-14)19-13/h3-8H,2,9-10H2,1H3. The summed E-state index contributed by atoms with van der Waals surface area (Å²) < 4.78 is 26.9. The van der Waals surface area contributed by atoms with E-state index < -0.39 is 10.0 Å². The Morgan fingerprint density at radius 3 is 2.65 bits per heavy atom. The topological polar surface area (TPSA) is 50.3 Å². The van der Waals surface area contributed by atoms with Crippen molar-refractivity contribution in [2.75, 3.05) is 6.54 Å². The van der Waals surface area contributed by atoms with Gasteiger partial charge in [-0.3, -0.25) is 4.98 Å². The average Bonchev–Trinajstić information content (AvgIpc) is 2.95. The lowest BCUT2D eigenvalue weighted by Crippen LogP contribution is -2.30. The quantitative estimate of drug-likeness (QED) is 0.765. The van der Waals surface area contributed by atoms with Gasteiger partial charge in [0.15, 0.2) is 0 Å². The van der Waals surface area contributed by atoms with E-state index in [1.54, 1.807) is 24.4 Å². The Balaban J connectivity index is 2.25. The van der Waals surface area contributed by atoms with Crippen molar-refractivity contribution in [3.8, 4) is 0 Å². The molecule has 0 saturated carbocycles. The van der Waals surface area contributed by atoms with Crippen molar-refractivity contribution in [1.82, 2.24) is 9.29 Å². The number of nitrogens with zero attached hydrogens (tertiary/aromatic N) is 2. The van der Waals surface area contributed by atoms with Crippen LogP contribution in [0.4, 0.5) is 0 Å². The van der Waals surface area contributed by atoms with E-state index in [0.717, 1.165) is 10.6 Å². The number of aromatic nitrogens is 1. The molecule has 0 amide bonds. The molecular formula is C13H15ClN2O2S2. The summed E-state index contributed by atoms with van der Waals surface area (Å²) in [5.74, 6) is 0.326. The Morgan fingerprint density at radius 2 is 2.10 bits per heavy atom. The molecule has 0 atom stereocenters. The Bertz CT molecular complexity index is 656. The van der Waals surface area contributed by atoms with Gasteiger partial charge >= 0.3 is 0 Å². The second-order valence-electron chi connectivity index (χ2n) is 4.11. The highest BCUT2D eigenvalue weighted by Crippen LogP contribution is 2.26.